The van der Waals surface area contributed by atoms with E-state index in [0.29, 0.717) is 6.54 Å². The number of sulfonamides is 1. The van der Waals surface area contributed by atoms with Crippen LogP contribution in [0.15, 0.2) is 23.1 Å². The number of nitrogens with two attached hydrogens (primary N) is 1. The van der Waals surface area contributed by atoms with Crippen molar-refractivity contribution in [2.24, 2.45) is 10.6 Å². The van der Waals surface area contributed by atoms with E-state index in [1.54, 1.807) is 0 Å². The second kappa shape index (κ2) is 5.14. The zero-order chi connectivity index (χ0) is 15.0. The molecule has 0 radical (unpaired) electrons. The first-order valence-electron chi connectivity index (χ1n) is 6.38. The van der Waals surface area contributed by atoms with Crippen LogP contribution in [0.1, 0.15) is 36.5 Å². The first kappa shape index (κ1) is 14.9. The standard InChI is InChI=1S/C13H17FN2O3S/c1-2-13(5-6-13)8-16-12(17)9-3-4-10(14)11(7-9)20(15,18)19/h3-4,7H,2,5-6,8H2,1H3,(H,16,17)(H2,15,18,19). The number of nitrogens with one attached hydrogen (secondary N) is 1. The molecule has 5 nitrogen and oxygen atoms in total. The molecule has 0 bridgehead atoms. The molecular weight excluding hydrogens is 283 g/mol. The molecular formula is C13H17FN2O3S. The van der Waals surface area contributed by atoms with Gasteiger partial charge >= 0.3 is 0 Å². The Balaban J connectivity index is 2.15. The van der Waals surface area contributed by atoms with Gasteiger partial charge in [-0.25, -0.2) is 17.9 Å². The third-order valence-electron chi connectivity index (χ3n) is 3.83. The third-order valence-corrected chi connectivity index (χ3v) is 4.76. The van der Waals surface area contributed by atoms with E-state index in [0.717, 1.165) is 31.4 Å². The zero-order valence-electron chi connectivity index (χ0n) is 11.1. The zero-order valence-corrected chi connectivity index (χ0v) is 12.0. The first-order valence-corrected chi connectivity index (χ1v) is 7.93. The molecule has 2 rings (SSSR count). The summed E-state index contributed by atoms with van der Waals surface area (Å²) in [5.41, 5.74) is 0.265. The van der Waals surface area contributed by atoms with Gasteiger partial charge < -0.3 is 5.32 Å². The average molecular weight is 300 g/mol. The Morgan fingerprint density at radius 2 is 2.10 bits per heavy atom. The van der Waals surface area contributed by atoms with Crippen molar-refractivity contribution in [1.82, 2.24) is 5.32 Å². The highest BCUT2D eigenvalue weighted by Gasteiger charge is 2.40. The Kier molecular flexibility index (Phi) is 3.84. The number of carbonyl (C=O) groups is 1. The van der Waals surface area contributed by atoms with Gasteiger partial charge in [0.25, 0.3) is 5.91 Å². The van der Waals surface area contributed by atoms with Gasteiger partial charge in [-0.2, -0.15) is 0 Å². The minimum Gasteiger partial charge on any atom is -0.351 e. The molecule has 0 unspecified atom stereocenters. The van der Waals surface area contributed by atoms with Crippen molar-refractivity contribution in [3.8, 4) is 0 Å². The molecule has 20 heavy (non-hydrogen) atoms. The van der Waals surface area contributed by atoms with Gasteiger partial charge in [-0.1, -0.05) is 6.92 Å². The number of benzene rings is 1. The Morgan fingerprint density at radius 3 is 2.60 bits per heavy atom. The highest BCUT2D eigenvalue weighted by molar-refractivity contribution is 7.89. The molecule has 0 aromatic heterocycles. The summed E-state index contributed by atoms with van der Waals surface area (Å²) in [6.07, 6.45) is 3.14. The Bertz CT molecular complexity index is 639. The van der Waals surface area contributed by atoms with Gasteiger partial charge in [0.05, 0.1) is 0 Å². The lowest BCUT2D eigenvalue weighted by atomic mass is 10.0. The lowest BCUT2D eigenvalue weighted by Crippen LogP contribution is -2.30. The molecule has 1 aromatic rings. The highest BCUT2D eigenvalue weighted by atomic mass is 32.2. The maximum absolute atomic E-state index is 13.4. The number of halogens is 1. The molecule has 0 atom stereocenters. The molecule has 7 heteroatoms. The van der Waals surface area contributed by atoms with Crippen LogP contribution >= 0.6 is 0 Å². The van der Waals surface area contributed by atoms with Crippen molar-refractivity contribution >= 4 is 15.9 Å². The van der Waals surface area contributed by atoms with Gasteiger partial charge in [-0.05, 0) is 42.9 Å². The van der Waals surface area contributed by atoms with Crippen LogP contribution in [-0.4, -0.2) is 20.9 Å². The van der Waals surface area contributed by atoms with Crippen LogP contribution in [0, 0.1) is 11.2 Å². The van der Waals surface area contributed by atoms with Crippen molar-refractivity contribution in [2.45, 2.75) is 31.1 Å². The van der Waals surface area contributed by atoms with Crippen LogP contribution < -0.4 is 10.5 Å². The van der Waals surface area contributed by atoms with E-state index in [1.807, 2.05) is 0 Å². The normalized spacial score (nSPS) is 16.8. The largest absolute Gasteiger partial charge is 0.351 e. The summed E-state index contributed by atoms with van der Waals surface area (Å²) in [6.45, 7) is 2.61. The van der Waals surface area contributed by atoms with Crippen LogP contribution in [0.3, 0.4) is 0 Å². The van der Waals surface area contributed by atoms with Gasteiger partial charge in [0.2, 0.25) is 10.0 Å². The minimum atomic E-state index is -4.18. The number of primary sulfonamides is 1. The molecule has 0 spiro atoms. The molecule has 0 heterocycles. The summed E-state index contributed by atoms with van der Waals surface area (Å²) >= 11 is 0. The lowest BCUT2D eigenvalue weighted by Gasteiger charge is -2.13. The van der Waals surface area contributed by atoms with E-state index >= 15 is 0 Å². The SMILES string of the molecule is CCC1(CNC(=O)c2ccc(F)c(S(N)(=O)=O)c2)CC1. The molecule has 110 valence electrons. The van der Waals surface area contributed by atoms with Crippen LogP contribution in [0.2, 0.25) is 0 Å². The first-order chi connectivity index (χ1) is 9.27. The molecule has 1 fully saturated rings. The van der Waals surface area contributed by atoms with Crippen molar-refractivity contribution in [3.63, 3.8) is 0 Å². The number of rotatable bonds is 5. The summed E-state index contributed by atoms with van der Waals surface area (Å²) in [6, 6.07) is 3.14. The molecule has 1 aromatic carbocycles. The van der Waals surface area contributed by atoms with Crippen molar-refractivity contribution in [3.05, 3.63) is 29.6 Å². The van der Waals surface area contributed by atoms with E-state index < -0.39 is 26.6 Å². The predicted molar refractivity (Wildman–Crippen MR) is 72.1 cm³/mol. The average Bonchev–Trinajstić information content (AvgIpc) is 3.16. The number of carbonyl (C=O) groups excluding carboxylic acids is 1. The molecule has 0 aliphatic heterocycles. The van der Waals surface area contributed by atoms with E-state index in [-0.39, 0.29) is 11.0 Å². The Labute approximate surface area is 117 Å². The number of hydrogen-bond acceptors (Lipinski definition) is 3. The summed E-state index contributed by atoms with van der Waals surface area (Å²) in [5, 5.41) is 7.66. The van der Waals surface area contributed by atoms with E-state index in [9.17, 15) is 17.6 Å². The van der Waals surface area contributed by atoms with Crippen LogP contribution in [-0.2, 0) is 10.0 Å². The van der Waals surface area contributed by atoms with Crippen LogP contribution in [0.4, 0.5) is 4.39 Å². The smallest absolute Gasteiger partial charge is 0.251 e. The Morgan fingerprint density at radius 1 is 1.45 bits per heavy atom. The molecule has 1 saturated carbocycles. The van der Waals surface area contributed by atoms with Gasteiger partial charge in [0, 0.05) is 12.1 Å². The maximum atomic E-state index is 13.4. The number of amides is 1. The lowest BCUT2D eigenvalue weighted by molar-refractivity contribution is 0.0944. The van der Waals surface area contributed by atoms with Gasteiger partial charge in [-0.3, -0.25) is 4.79 Å². The summed E-state index contributed by atoms with van der Waals surface area (Å²) < 4.78 is 35.8. The van der Waals surface area contributed by atoms with Crippen molar-refractivity contribution < 1.29 is 17.6 Å². The Hall–Kier alpha value is -1.47. The van der Waals surface area contributed by atoms with Crippen LogP contribution in [0.25, 0.3) is 0 Å². The number of hydrogen-bond donors (Lipinski definition) is 2. The summed E-state index contributed by atoms with van der Waals surface area (Å²) in [4.78, 5) is 11.3. The van der Waals surface area contributed by atoms with Gasteiger partial charge in [0.1, 0.15) is 10.7 Å². The van der Waals surface area contributed by atoms with E-state index in [2.05, 4.69) is 12.2 Å². The molecule has 0 saturated heterocycles. The maximum Gasteiger partial charge on any atom is 0.251 e. The fourth-order valence-corrected chi connectivity index (χ4v) is 2.70. The second-order valence-corrected chi connectivity index (χ2v) is 6.76. The highest BCUT2D eigenvalue weighted by Crippen LogP contribution is 2.47. The quantitative estimate of drug-likeness (QED) is 0.861. The van der Waals surface area contributed by atoms with Crippen molar-refractivity contribution in [1.29, 1.82) is 0 Å². The fraction of sp³-hybridized carbons (Fsp3) is 0.462. The molecule has 1 aliphatic carbocycles. The van der Waals surface area contributed by atoms with Gasteiger partial charge in [0.15, 0.2) is 0 Å². The van der Waals surface area contributed by atoms with E-state index in [4.69, 9.17) is 5.14 Å². The second-order valence-electron chi connectivity index (χ2n) is 5.23. The summed E-state index contributed by atoms with van der Waals surface area (Å²) in [5.74, 6) is -1.38. The minimum absolute atomic E-state index is 0.0855. The van der Waals surface area contributed by atoms with Gasteiger partial charge in [-0.15, -0.1) is 0 Å². The topological polar surface area (TPSA) is 89.3 Å². The monoisotopic (exact) mass is 300 g/mol. The fourth-order valence-electron chi connectivity index (χ4n) is 2.06. The summed E-state index contributed by atoms with van der Waals surface area (Å²) in [7, 11) is -4.18. The molecule has 3 N–H and O–H groups in total. The molecule has 1 aliphatic rings. The molecule has 1 amide bonds. The van der Waals surface area contributed by atoms with Crippen molar-refractivity contribution in [2.75, 3.05) is 6.54 Å². The predicted octanol–water partition coefficient (Wildman–Crippen LogP) is 1.39. The van der Waals surface area contributed by atoms with Crippen LogP contribution in [0.5, 0.6) is 0 Å². The third kappa shape index (κ3) is 3.16. The van der Waals surface area contributed by atoms with E-state index in [1.165, 1.54) is 6.07 Å².